The van der Waals surface area contributed by atoms with Crippen LogP contribution < -0.4 is 11.1 Å². The van der Waals surface area contributed by atoms with Gasteiger partial charge in [-0.3, -0.25) is 9.59 Å². The number of rotatable bonds is 5. The molecule has 5 nitrogen and oxygen atoms in total. The standard InChI is InChI=1S/C12H23N3O2/c1-9(2)15(8-11(13)16)12(17)7-10-3-5-14-6-4-10/h9-10,14H,3-8H2,1-2H3,(H2,13,16). The van der Waals surface area contributed by atoms with Gasteiger partial charge in [0.1, 0.15) is 0 Å². The van der Waals surface area contributed by atoms with Crippen LogP contribution in [0.4, 0.5) is 0 Å². The Bertz CT molecular complexity index is 273. The van der Waals surface area contributed by atoms with Crippen molar-refractivity contribution in [1.29, 1.82) is 0 Å². The molecular weight excluding hydrogens is 218 g/mol. The Morgan fingerprint density at radius 3 is 2.41 bits per heavy atom. The van der Waals surface area contributed by atoms with Crippen molar-refractivity contribution in [2.24, 2.45) is 11.7 Å². The smallest absolute Gasteiger partial charge is 0.237 e. The van der Waals surface area contributed by atoms with Gasteiger partial charge in [-0.15, -0.1) is 0 Å². The highest BCUT2D eigenvalue weighted by atomic mass is 16.2. The van der Waals surface area contributed by atoms with Crippen molar-refractivity contribution in [2.75, 3.05) is 19.6 Å². The predicted octanol–water partition coefficient (Wildman–Crippen LogP) is 0.0984. The molecular formula is C12H23N3O2. The number of carbonyl (C=O) groups is 2. The largest absolute Gasteiger partial charge is 0.368 e. The monoisotopic (exact) mass is 241 g/mol. The first-order valence-electron chi connectivity index (χ1n) is 6.29. The summed E-state index contributed by atoms with van der Waals surface area (Å²) in [5, 5.41) is 3.27. The Labute approximate surface area is 103 Å². The SMILES string of the molecule is CC(C)N(CC(N)=O)C(=O)CC1CCNCC1. The Morgan fingerprint density at radius 2 is 1.94 bits per heavy atom. The summed E-state index contributed by atoms with van der Waals surface area (Å²) in [5.41, 5.74) is 5.16. The lowest BCUT2D eigenvalue weighted by atomic mass is 9.94. The van der Waals surface area contributed by atoms with E-state index in [1.807, 2.05) is 13.8 Å². The van der Waals surface area contributed by atoms with Gasteiger partial charge in [-0.2, -0.15) is 0 Å². The molecule has 0 aliphatic carbocycles. The van der Waals surface area contributed by atoms with Crippen LogP contribution in [0, 0.1) is 5.92 Å². The van der Waals surface area contributed by atoms with E-state index >= 15 is 0 Å². The molecule has 17 heavy (non-hydrogen) atoms. The summed E-state index contributed by atoms with van der Waals surface area (Å²) in [7, 11) is 0. The summed E-state index contributed by atoms with van der Waals surface area (Å²) in [6, 6.07) is 0.0247. The number of primary amides is 1. The van der Waals surface area contributed by atoms with Gasteiger partial charge in [-0.1, -0.05) is 0 Å². The summed E-state index contributed by atoms with van der Waals surface area (Å²) < 4.78 is 0. The van der Waals surface area contributed by atoms with Crippen molar-refractivity contribution >= 4 is 11.8 Å². The van der Waals surface area contributed by atoms with Gasteiger partial charge in [0.2, 0.25) is 11.8 Å². The molecule has 0 saturated carbocycles. The highest BCUT2D eigenvalue weighted by Gasteiger charge is 2.23. The van der Waals surface area contributed by atoms with Crippen molar-refractivity contribution in [3.8, 4) is 0 Å². The van der Waals surface area contributed by atoms with E-state index < -0.39 is 5.91 Å². The Kier molecular flexibility index (Phi) is 5.41. The van der Waals surface area contributed by atoms with E-state index in [0.29, 0.717) is 12.3 Å². The molecule has 0 unspecified atom stereocenters. The Morgan fingerprint density at radius 1 is 1.35 bits per heavy atom. The van der Waals surface area contributed by atoms with Crippen molar-refractivity contribution in [2.45, 2.75) is 39.2 Å². The van der Waals surface area contributed by atoms with Crippen LogP contribution in [0.25, 0.3) is 0 Å². The van der Waals surface area contributed by atoms with Crippen molar-refractivity contribution in [3.05, 3.63) is 0 Å². The van der Waals surface area contributed by atoms with Gasteiger partial charge in [-0.25, -0.2) is 0 Å². The van der Waals surface area contributed by atoms with Crippen LogP contribution in [-0.4, -0.2) is 42.4 Å². The number of carbonyl (C=O) groups excluding carboxylic acids is 2. The third-order valence-electron chi connectivity index (χ3n) is 3.19. The molecule has 98 valence electrons. The Hall–Kier alpha value is -1.10. The number of nitrogens with zero attached hydrogens (tertiary/aromatic N) is 1. The average Bonchev–Trinajstić information content (AvgIpc) is 2.26. The molecule has 0 aromatic heterocycles. The zero-order valence-corrected chi connectivity index (χ0v) is 10.7. The lowest BCUT2D eigenvalue weighted by Gasteiger charge is -2.29. The van der Waals surface area contributed by atoms with Crippen LogP contribution in [0.2, 0.25) is 0 Å². The van der Waals surface area contributed by atoms with E-state index in [2.05, 4.69) is 5.32 Å². The van der Waals surface area contributed by atoms with E-state index in [1.165, 1.54) is 0 Å². The molecule has 0 aromatic rings. The highest BCUT2D eigenvalue weighted by molar-refractivity contribution is 5.84. The first-order chi connectivity index (χ1) is 8.00. The number of hydrogen-bond acceptors (Lipinski definition) is 3. The summed E-state index contributed by atoms with van der Waals surface area (Å²) in [5.74, 6) is 0.0425. The van der Waals surface area contributed by atoms with Gasteiger partial charge < -0.3 is 16.0 Å². The minimum atomic E-state index is -0.447. The fraction of sp³-hybridized carbons (Fsp3) is 0.833. The molecule has 0 bridgehead atoms. The van der Waals surface area contributed by atoms with Gasteiger partial charge in [0.25, 0.3) is 0 Å². The first kappa shape index (κ1) is 14.0. The third kappa shape index (κ3) is 4.73. The fourth-order valence-electron chi connectivity index (χ4n) is 2.18. The molecule has 1 saturated heterocycles. The summed E-state index contributed by atoms with van der Waals surface area (Å²) >= 11 is 0. The summed E-state index contributed by atoms with van der Waals surface area (Å²) in [6.07, 6.45) is 2.61. The van der Waals surface area contributed by atoms with E-state index in [-0.39, 0.29) is 18.5 Å². The maximum absolute atomic E-state index is 12.1. The number of nitrogens with two attached hydrogens (primary N) is 1. The highest BCUT2D eigenvalue weighted by Crippen LogP contribution is 2.17. The topological polar surface area (TPSA) is 75.4 Å². The first-order valence-corrected chi connectivity index (χ1v) is 6.29. The lowest BCUT2D eigenvalue weighted by Crippen LogP contribution is -2.44. The third-order valence-corrected chi connectivity index (χ3v) is 3.19. The maximum Gasteiger partial charge on any atom is 0.237 e. The van der Waals surface area contributed by atoms with Crippen LogP contribution >= 0.6 is 0 Å². The number of hydrogen-bond donors (Lipinski definition) is 2. The maximum atomic E-state index is 12.1. The summed E-state index contributed by atoms with van der Waals surface area (Å²) in [4.78, 5) is 24.6. The van der Waals surface area contributed by atoms with Gasteiger partial charge in [-0.05, 0) is 45.7 Å². The van der Waals surface area contributed by atoms with E-state index in [9.17, 15) is 9.59 Å². The van der Waals surface area contributed by atoms with E-state index in [1.54, 1.807) is 4.90 Å². The Balaban J connectivity index is 2.49. The van der Waals surface area contributed by atoms with Crippen molar-refractivity contribution < 1.29 is 9.59 Å². The molecule has 1 heterocycles. The molecule has 0 radical (unpaired) electrons. The van der Waals surface area contributed by atoms with Crippen molar-refractivity contribution in [1.82, 2.24) is 10.2 Å². The quantitative estimate of drug-likeness (QED) is 0.716. The van der Waals surface area contributed by atoms with Crippen LogP contribution in [0.15, 0.2) is 0 Å². The molecule has 2 amide bonds. The van der Waals surface area contributed by atoms with Gasteiger partial charge >= 0.3 is 0 Å². The second kappa shape index (κ2) is 6.59. The lowest BCUT2D eigenvalue weighted by molar-refractivity contribution is -0.137. The van der Waals surface area contributed by atoms with Crippen molar-refractivity contribution in [3.63, 3.8) is 0 Å². The van der Waals surface area contributed by atoms with Crippen LogP contribution in [-0.2, 0) is 9.59 Å². The number of nitrogens with one attached hydrogen (secondary N) is 1. The van der Waals surface area contributed by atoms with Crippen LogP contribution in [0.1, 0.15) is 33.1 Å². The zero-order valence-electron chi connectivity index (χ0n) is 10.7. The molecule has 0 atom stereocenters. The van der Waals surface area contributed by atoms with Gasteiger partial charge in [0.15, 0.2) is 0 Å². The molecule has 0 aromatic carbocycles. The molecule has 1 fully saturated rings. The van der Waals surface area contributed by atoms with Crippen LogP contribution in [0.5, 0.6) is 0 Å². The number of piperidine rings is 1. The second-order valence-corrected chi connectivity index (χ2v) is 4.98. The van der Waals surface area contributed by atoms with Gasteiger partial charge in [0, 0.05) is 12.5 Å². The summed E-state index contributed by atoms with van der Waals surface area (Å²) in [6.45, 7) is 5.80. The number of amides is 2. The average molecular weight is 241 g/mol. The molecule has 1 aliphatic rings. The van der Waals surface area contributed by atoms with Crippen LogP contribution in [0.3, 0.4) is 0 Å². The second-order valence-electron chi connectivity index (χ2n) is 4.98. The minimum absolute atomic E-state index is 0.0247. The molecule has 5 heteroatoms. The van der Waals surface area contributed by atoms with E-state index in [0.717, 1.165) is 25.9 Å². The minimum Gasteiger partial charge on any atom is -0.368 e. The molecule has 0 spiro atoms. The molecule has 3 N–H and O–H groups in total. The van der Waals surface area contributed by atoms with Gasteiger partial charge in [0.05, 0.1) is 6.54 Å². The van der Waals surface area contributed by atoms with E-state index in [4.69, 9.17) is 5.73 Å². The zero-order chi connectivity index (χ0) is 12.8. The fourth-order valence-corrected chi connectivity index (χ4v) is 2.18. The molecule has 1 aliphatic heterocycles. The normalized spacial score (nSPS) is 17.1. The predicted molar refractivity (Wildman–Crippen MR) is 66.3 cm³/mol. The molecule has 1 rings (SSSR count).